The Labute approximate surface area is 106 Å². The second-order valence-electron chi connectivity index (χ2n) is 6.30. The summed E-state index contributed by atoms with van der Waals surface area (Å²) in [6.07, 6.45) is 9.82. The Morgan fingerprint density at radius 2 is 2.29 bits per heavy atom. The van der Waals surface area contributed by atoms with Crippen LogP contribution in [-0.4, -0.2) is 0 Å². The van der Waals surface area contributed by atoms with Gasteiger partial charge < -0.3 is 0 Å². The van der Waals surface area contributed by atoms with Crippen molar-refractivity contribution in [2.45, 2.75) is 59.3 Å². The third-order valence-electron chi connectivity index (χ3n) is 5.51. The molecule has 1 nitrogen and oxygen atoms in total. The summed E-state index contributed by atoms with van der Waals surface area (Å²) in [5, 5.41) is 8.91. The van der Waals surface area contributed by atoms with Gasteiger partial charge in [-0.1, -0.05) is 25.5 Å². The summed E-state index contributed by atoms with van der Waals surface area (Å²) in [4.78, 5) is 0. The Balaban J connectivity index is 2.21. The third-order valence-corrected chi connectivity index (χ3v) is 5.51. The van der Waals surface area contributed by atoms with E-state index in [0.29, 0.717) is 11.3 Å². The van der Waals surface area contributed by atoms with Crippen LogP contribution in [0.2, 0.25) is 0 Å². The van der Waals surface area contributed by atoms with Gasteiger partial charge in [0.05, 0.1) is 6.07 Å². The van der Waals surface area contributed by atoms with Crippen molar-refractivity contribution in [3.05, 3.63) is 11.6 Å². The molecule has 0 spiro atoms. The number of fused-ring (bicyclic) bond motifs is 1. The van der Waals surface area contributed by atoms with Gasteiger partial charge in [0.15, 0.2) is 0 Å². The zero-order valence-electron chi connectivity index (χ0n) is 11.5. The van der Waals surface area contributed by atoms with Crippen LogP contribution >= 0.6 is 0 Å². The van der Waals surface area contributed by atoms with E-state index in [0.717, 1.165) is 18.3 Å². The first-order valence-corrected chi connectivity index (χ1v) is 7.15. The van der Waals surface area contributed by atoms with Crippen molar-refractivity contribution < 1.29 is 0 Å². The van der Waals surface area contributed by atoms with Crippen molar-refractivity contribution in [2.24, 2.45) is 23.2 Å². The smallest absolute Gasteiger partial charge is 0.0624 e. The molecule has 94 valence electrons. The molecule has 0 aliphatic heterocycles. The van der Waals surface area contributed by atoms with Crippen LogP contribution in [0.4, 0.5) is 0 Å². The number of nitrogens with zero attached hydrogens (tertiary/aromatic N) is 1. The summed E-state index contributed by atoms with van der Waals surface area (Å²) in [6.45, 7) is 6.98. The predicted octanol–water partition coefficient (Wildman–Crippen LogP) is 4.70. The molecule has 2 fully saturated rings. The summed E-state index contributed by atoms with van der Waals surface area (Å²) in [7, 11) is 0. The van der Waals surface area contributed by atoms with Crippen LogP contribution in [-0.2, 0) is 0 Å². The predicted molar refractivity (Wildman–Crippen MR) is 71.3 cm³/mol. The zero-order chi connectivity index (χ0) is 12.5. The number of allylic oxidation sites excluding steroid dienone is 2. The van der Waals surface area contributed by atoms with E-state index in [9.17, 15) is 0 Å². The summed E-state index contributed by atoms with van der Waals surface area (Å²) >= 11 is 0. The topological polar surface area (TPSA) is 23.8 Å². The molecular formula is C16H25N. The monoisotopic (exact) mass is 231 g/mol. The van der Waals surface area contributed by atoms with Crippen LogP contribution in [0.15, 0.2) is 11.6 Å². The summed E-state index contributed by atoms with van der Waals surface area (Å²) in [5.74, 6) is 2.15. The zero-order valence-corrected chi connectivity index (χ0v) is 11.5. The van der Waals surface area contributed by atoms with Crippen LogP contribution < -0.4 is 0 Å². The summed E-state index contributed by atoms with van der Waals surface area (Å²) < 4.78 is 0. The van der Waals surface area contributed by atoms with Crippen molar-refractivity contribution in [1.29, 1.82) is 5.26 Å². The summed E-state index contributed by atoms with van der Waals surface area (Å²) in [5.41, 5.74) is 2.18. The highest BCUT2D eigenvalue weighted by molar-refractivity contribution is 5.18. The van der Waals surface area contributed by atoms with E-state index < -0.39 is 0 Å². The van der Waals surface area contributed by atoms with Crippen molar-refractivity contribution in [3.8, 4) is 6.07 Å². The van der Waals surface area contributed by atoms with E-state index in [4.69, 9.17) is 5.26 Å². The van der Waals surface area contributed by atoms with Gasteiger partial charge in [-0.05, 0) is 62.2 Å². The van der Waals surface area contributed by atoms with Gasteiger partial charge in [-0.2, -0.15) is 5.26 Å². The molecule has 4 atom stereocenters. The quantitative estimate of drug-likeness (QED) is 0.632. The van der Waals surface area contributed by atoms with E-state index in [1.165, 1.54) is 32.1 Å². The molecule has 17 heavy (non-hydrogen) atoms. The molecule has 0 aromatic heterocycles. The molecule has 2 aliphatic carbocycles. The van der Waals surface area contributed by atoms with Crippen molar-refractivity contribution >= 4 is 0 Å². The van der Waals surface area contributed by atoms with E-state index in [1.807, 2.05) is 0 Å². The second kappa shape index (κ2) is 4.84. The Bertz CT molecular complexity index is 349. The average molecular weight is 231 g/mol. The minimum absolute atomic E-state index is 0.482. The number of hydrogen-bond donors (Lipinski definition) is 0. The average Bonchev–Trinajstić information content (AvgIpc) is 2.66. The van der Waals surface area contributed by atoms with Gasteiger partial charge in [-0.15, -0.1) is 0 Å². The van der Waals surface area contributed by atoms with Gasteiger partial charge in [0.2, 0.25) is 0 Å². The van der Waals surface area contributed by atoms with Gasteiger partial charge in [0.1, 0.15) is 0 Å². The maximum absolute atomic E-state index is 8.91. The minimum atomic E-state index is 0.482. The molecule has 0 aromatic rings. The molecule has 2 aliphatic rings. The fourth-order valence-corrected chi connectivity index (χ4v) is 4.65. The summed E-state index contributed by atoms with van der Waals surface area (Å²) in [6, 6.07) is 2.37. The van der Waals surface area contributed by atoms with E-state index in [-0.39, 0.29) is 0 Å². The lowest BCUT2D eigenvalue weighted by Crippen LogP contribution is -2.35. The van der Waals surface area contributed by atoms with Crippen LogP contribution in [0, 0.1) is 34.5 Å². The number of hydrogen-bond acceptors (Lipinski definition) is 1. The Hall–Kier alpha value is -0.770. The molecular weight excluding hydrogens is 206 g/mol. The molecule has 0 aromatic carbocycles. The van der Waals surface area contributed by atoms with E-state index >= 15 is 0 Å². The molecule has 0 heterocycles. The lowest BCUT2D eigenvalue weighted by atomic mass is 9.61. The van der Waals surface area contributed by atoms with Crippen LogP contribution in [0.3, 0.4) is 0 Å². The maximum atomic E-state index is 8.91. The molecule has 0 unspecified atom stereocenters. The first kappa shape index (κ1) is 12.7. The normalized spacial score (nSPS) is 40.9. The maximum Gasteiger partial charge on any atom is 0.0624 e. The Morgan fingerprint density at radius 1 is 1.53 bits per heavy atom. The molecule has 1 heteroatoms. The molecule has 0 radical (unpaired) electrons. The SMILES string of the molecule is C/C=C1\CCC[C@]2(C)[C@@H]([C@H](C)CC#N)CC[C@@H]12. The molecule has 0 bridgehead atoms. The molecule has 0 amide bonds. The van der Waals surface area contributed by atoms with Crippen LogP contribution in [0.25, 0.3) is 0 Å². The van der Waals surface area contributed by atoms with Gasteiger partial charge >= 0.3 is 0 Å². The first-order valence-electron chi connectivity index (χ1n) is 7.15. The second-order valence-corrected chi connectivity index (χ2v) is 6.30. The highest BCUT2D eigenvalue weighted by Gasteiger charge is 2.50. The Morgan fingerprint density at radius 3 is 2.94 bits per heavy atom. The van der Waals surface area contributed by atoms with Crippen LogP contribution in [0.5, 0.6) is 0 Å². The van der Waals surface area contributed by atoms with E-state index in [2.05, 4.69) is 32.9 Å². The van der Waals surface area contributed by atoms with Crippen molar-refractivity contribution in [3.63, 3.8) is 0 Å². The van der Waals surface area contributed by atoms with Gasteiger partial charge in [-0.3, -0.25) is 0 Å². The lowest BCUT2D eigenvalue weighted by molar-refractivity contribution is 0.0989. The minimum Gasteiger partial charge on any atom is -0.198 e. The molecule has 2 rings (SSSR count). The lowest BCUT2D eigenvalue weighted by Gasteiger charge is -2.44. The molecule has 0 N–H and O–H groups in total. The third kappa shape index (κ3) is 2.03. The standard InChI is InChI=1S/C16H25N/c1-4-13-6-5-10-16(3)14(7-8-15(13)16)12(2)9-11-17/h4,12,14-15H,5-10H2,1-3H3/b13-4+/t12-,14-,15+,16-/m1/s1. The fraction of sp³-hybridized carbons (Fsp3) is 0.812. The van der Waals surface area contributed by atoms with Crippen molar-refractivity contribution in [2.75, 3.05) is 0 Å². The van der Waals surface area contributed by atoms with Gasteiger partial charge in [-0.25, -0.2) is 0 Å². The largest absolute Gasteiger partial charge is 0.198 e. The van der Waals surface area contributed by atoms with Gasteiger partial charge in [0.25, 0.3) is 0 Å². The van der Waals surface area contributed by atoms with E-state index in [1.54, 1.807) is 5.57 Å². The fourth-order valence-electron chi connectivity index (χ4n) is 4.65. The molecule has 2 saturated carbocycles. The number of nitriles is 1. The van der Waals surface area contributed by atoms with Crippen molar-refractivity contribution in [1.82, 2.24) is 0 Å². The molecule has 0 saturated heterocycles. The van der Waals surface area contributed by atoms with Gasteiger partial charge in [0, 0.05) is 6.42 Å². The highest BCUT2D eigenvalue weighted by atomic mass is 14.5. The first-order chi connectivity index (χ1) is 8.13. The number of rotatable bonds is 2. The van der Waals surface area contributed by atoms with Crippen LogP contribution in [0.1, 0.15) is 59.3 Å². The highest BCUT2D eigenvalue weighted by Crippen LogP contribution is 2.59. The Kier molecular flexibility index (Phi) is 3.61.